The molecule has 128 valence electrons. The minimum Gasteiger partial charge on any atom is -0.411 e. The fourth-order valence-corrected chi connectivity index (χ4v) is 3.00. The van der Waals surface area contributed by atoms with Crippen LogP contribution in [0.2, 0.25) is 5.02 Å². The highest BCUT2D eigenvalue weighted by Gasteiger charge is 2.13. The second-order valence-electron chi connectivity index (χ2n) is 4.84. The molecule has 0 fully saturated rings. The first-order valence-corrected chi connectivity index (χ1v) is 9.14. The standard InChI is InChI=1S/C16H10BrClFN3O2S/c17-10-4-5-13(12(19)7-10)20-14(23)8-25-16-22-21-15(24-16)9-2-1-3-11(18)6-9/h1-7H,8H2,(H,20,23). The van der Waals surface area contributed by atoms with Crippen molar-refractivity contribution < 1.29 is 13.6 Å². The van der Waals surface area contributed by atoms with E-state index in [1.807, 2.05) is 0 Å². The molecule has 2 aromatic carbocycles. The molecule has 0 saturated carbocycles. The summed E-state index contributed by atoms with van der Waals surface area (Å²) in [6.07, 6.45) is 0. The molecule has 3 aromatic rings. The van der Waals surface area contributed by atoms with E-state index in [0.29, 0.717) is 20.9 Å². The van der Waals surface area contributed by atoms with Crippen molar-refractivity contribution in [2.45, 2.75) is 5.22 Å². The summed E-state index contributed by atoms with van der Waals surface area (Å²) >= 11 is 10.1. The van der Waals surface area contributed by atoms with E-state index in [0.717, 1.165) is 11.8 Å². The zero-order valence-electron chi connectivity index (χ0n) is 12.5. The molecule has 1 aromatic heterocycles. The number of nitrogens with zero attached hydrogens (tertiary/aromatic N) is 2. The van der Waals surface area contributed by atoms with Crippen molar-refractivity contribution in [3.63, 3.8) is 0 Å². The Morgan fingerprint density at radius 3 is 2.88 bits per heavy atom. The first-order chi connectivity index (χ1) is 12.0. The number of halogens is 3. The molecule has 1 heterocycles. The van der Waals surface area contributed by atoms with Crippen molar-refractivity contribution in [3.05, 3.63) is 57.8 Å². The Bertz CT molecular complexity index is 922. The third-order valence-corrected chi connectivity index (χ3v) is 4.56. The first kappa shape index (κ1) is 17.9. The molecule has 0 atom stereocenters. The Labute approximate surface area is 160 Å². The molecular weight excluding hydrogens is 433 g/mol. The summed E-state index contributed by atoms with van der Waals surface area (Å²) in [6, 6.07) is 11.4. The summed E-state index contributed by atoms with van der Waals surface area (Å²) in [7, 11) is 0. The third-order valence-electron chi connectivity index (χ3n) is 3.01. The van der Waals surface area contributed by atoms with E-state index in [4.69, 9.17) is 16.0 Å². The van der Waals surface area contributed by atoms with Crippen LogP contribution >= 0.6 is 39.3 Å². The molecule has 1 amide bonds. The summed E-state index contributed by atoms with van der Waals surface area (Å²) in [5, 5.41) is 11.1. The first-order valence-electron chi connectivity index (χ1n) is 6.98. The molecule has 0 radical (unpaired) electrons. The van der Waals surface area contributed by atoms with Gasteiger partial charge in [0.1, 0.15) is 5.82 Å². The van der Waals surface area contributed by atoms with E-state index in [1.54, 1.807) is 30.3 Å². The maximum absolute atomic E-state index is 13.7. The monoisotopic (exact) mass is 441 g/mol. The molecule has 5 nitrogen and oxygen atoms in total. The Balaban J connectivity index is 1.59. The number of aromatic nitrogens is 2. The smallest absolute Gasteiger partial charge is 0.277 e. The number of nitrogens with one attached hydrogen (secondary N) is 1. The number of rotatable bonds is 5. The average molecular weight is 443 g/mol. The van der Waals surface area contributed by atoms with Gasteiger partial charge in [-0.15, -0.1) is 10.2 Å². The zero-order chi connectivity index (χ0) is 17.8. The van der Waals surface area contributed by atoms with Gasteiger partial charge in [-0.2, -0.15) is 0 Å². The second-order valence-corrected chi connectivity index (χ2v) is 7.12. The van der Waals surface area contributed by atoms with Crippen LogP contribution in [-0.2, 0) is 4.79 Å². The molecule has 0 aliphatic heterocycles. The lowest BCUT2D eigenvalue weighted by Gasteiger charge is -2.05. The molecule has 0 unspecified atom stereocenters. The summed E-state index contributed by atoms with van der Waals surface area (Å²) in [5.74, 6) is -0.584. The van der Waals surface area contributed by atoms with Crippen molar-refractivity contribution in [1.82, 2.24) is 10.2 Å². The van der Waals surface area contributed by atoms with Crippen LogP contribution < -0.4 is 5.32 Å². The lowest BCUT2D eigenvalue weighted by molar-refractivity contribution is -0.113. The van der Waals surface area contributed by atoms with Gasteiger partial charge in [0.2, 0.25) is 11.8 Å². The fraction of sp³-hybridized carbons (Fsp3) is 0.0625. The molecular formula is C16H10BrClFN3O2S. The number of benzene rings is 2. The van der Waals surface area contributed by atoms with Crippen LogP contribution in [0.3, 0.4) is 0 Å². The van der Waals surface area contributed by atoms with Crippen LogP contribution in [0.1, 0.15) is 0 Å². The summed E-state index contributed by atoms with van der Waals surface area (Å²) in [5.41, 5.74) is 0.798. The predicted octanol–water partition coefficient (Wildman–Crippen LogP) is 5.02. The van der Waals surface area contributed by atoms with Gasteiger partial charge in [-0.1, -0.05) is 45.4 Å². The molecule has 0 aliphatic rings. The number of thioether (sulfide) groups is 1. The lowest BCUT2D eigenvalue weighted by atomic mass is 10.2. The summed E-state index contributed by atoms with van der Waals surface area (Å²) < 4.78 is 19.8. The number of carbonyl (C=O) groups is 1. The van der Waals surface area contributed by atoms with Gasteiger partial charge in [-0.25, -0.2) is 4.39 Å². The van der Waals surface area contributed by atoms with E-state index in [2.05, 4.69) is 31.4 Å². The van der Waals surface area contributed by atoms with Crippen molar-refractivity contribution in [3.8, 4) is 11.5 Å². The topological polar surface area (TPSA) is 68.0 Å². The number of amides is 1. The van der Waals surface area contributed by atoms with E-state index < -0.39 is 5.82 Å². The molecule has 0 aliphatic carbocycles. The fourth-order valence-electron chi connectivity index (χ4n) is 1.91. The number of hydrogen-bond acceptors (Lipinski definition) is 5. The summed E-state index contributed by atoms with van der Waals surface area (Å²) in [6.45, 7) is 0. The molecule has 25 heavy (non-hydrogen) atoms. The minimum absolute atomic E-state index is 0.00663. The van der Waals surface area contributed by atoms with E-state index in [9.17, 15) is 9.18 Å². The van der Waals surface area contributed by atoms with Crippen LogP contribution in [0.15, 0.2) is 56.6 Å². The van der Waals surface area contributed by atoms with Crippen LogP contribution in [0.25, 0.3) is 11.5 Å². The Kier molecular flexibility index (Phi) is 5.72. The van der Waals surface area contributed by atoms with Gasteiger partial charge in [0.15, 0.2) is 0 Å². The van der Waals surface area contributed by atoms with E-state index in [-0.39, 0.29) is 22.6 Å². The average Bonchev–Trinajstić information content (AvgIpc) is 3.05. The normalized spacial score (nSPS) is 10.7. The van der Waals surface area contributed by atoms with Crippen LogP contribution in [-0.4, -0.2) is 21.9 Å². The maximum Gasteiger partial charge on any atom is 0.277 e. The highest BCUT2D eigenvalue weighted by atomic mass is 79.9. The van der Waals surface area contributed by atoms with Gasteiger partial charge in [-0.3, -0.25) is 4.79 Å². The predicted molar refractivity (Wildman–Crippen MR) is 98.2 cm³/mol. The van der Waals surface area contributed by atoms with Gasteiger partial charge in [0, 0.05) is 15.1 Å². The number of hydrogen-bond donors (Lipinski definition) is 1. The van der Waals surface area contributed by atoms with Gasteiger partial charge in [-0.05, 0) is 36.4 Å². The Morgan fingerprint density at radius 2 is 2.12 bits per heavy atom. The second kappa shape index (κ2) is 7.99. The zero-order valence-corrected chi connectivity index (χ0v) is 15.7. The molecule has 0 spiro atoms. The van der Waals surface area contributed by atoms with Crippen molar-refractivity contribution in [1.29, 1.82) is 0 Å². The van der Waals surface area contributed by atoms with Gasteiger partial charge >= 0.3 is 0 Å². The van der Waals surface area contributed by atoms with Gasteiger partial charge in [0.25, 0.3) is 5.22 Å². The highest BCUT2D eigenvalue weighted by molar-refractivity contribution is 9.10. The molecule has 9 heteroatoms. The van der Waals surface area contributed by atoms with Crippen molar-refractivity contribution in [2.24, 2.45) is 0 Å². The molecule has 1 N–H and O–H groups in total. The third kappa shape index (κ3) is 4.81. The van der Waals surface area contributed by atoms with Crippen LogP contribution in [0.4, 0.5) is 10.1 Å². The number of carbonyl (C=O) groups excluding carboxylic acids is 1. The molecule has 0 saturated heterocycles. The maximum atomic E-state index is 13.7. The molecule has 3 rings (SSSR count). The van der Waals surface area contributed by atoms with Gasteiger partial charge in [0.05, 0.1) is 11.4 Å². The van der Waals surface area contributed by atoms with E-state index in [1.165, 1.54) is 12.1 Å². The molecule has 0 bridgehead atoms. The van der Waals surface area contributed by atoms with Crippen LogP contribution in [0.5, 0.6) is 0 Å². The Morgan fingerprint density at radius 1 is 1.28 bits per heavy atom. The van der Waals surface area contributed by atoms with Crippen molar-refractivity contribution >= 4 is 50.9 Å². The van der Waals surface area contributed by atoms with Crippen LogP contribution in [0, 0.1) is 5.82 Å². The number of anilines is 1. The van der Waals surface area contributed by atoms with Gasteiger partial charge < -0.3 is 9.73 Å². The highest BCUT2D eigenvalue weighted by Crippen LogP contribution is 2.25. The van der Waals surface area contributed by atoms with E-state index >= 15 is 0 Å². The minimum atomic E-state index is -0.520. The van der Waals surface area contributed by atoms with Crippen molar-refractivity contribution in [2.75, 3.05) is 11.1 Å². The lowest BCUT2D eigenvalue weighted by Crippen LogP contribution is -2.15. The quantitative estimate of drug-likeness (QED) is 0.562. The summed E-state index contributed by atoms with van der Waals surface area (Å²) in [4.78, 5) is 11.9. The largest absolute Gasteiger partial charge is 0.411 e. The SMILES string of the molecule is O=C(CSc1nnc(-c2cccc(Cl)c2)o1)Nc1ccc(Br)cc1F. The Hall–Kier alpha value is -1.90.